The fraction of sp³-hybridized carbons (Fsp3) is 0.556. The van der Waals surface area contributed by atoms with Gasteiger partial charge in [0.15, 0.2) is 0 Å². The van der Waals surface area contributed by atoms with E-state index in [-0.39, 0.29) is 6.19 Å². The minimum atomic E-state index is 0.120. The summed E-state index contributed by atoms with van der Waals surface area (Å²) in [6.07, 6.45) is 15.5. The Morgan fingerprint density at radius 2 is 1.25 bits per heavy atom. The van der Waals surface area contributed by atoms with Crippen LogP contribution in [-0.4, -0.2) is 6.19 Å². The van der Waals surface area contributed by atoms with Gasteiger partial charge in [0.25, 0.3) is 0 Å². The van der Waals surface area contributed by atoms with Gasteiger partial charge >= 0.3 is 38.5 Å². The first-order valence-electron chi connectivity index (χ1n) is 7.47. The molecule has 0 aromatic heterocycles. The Morgan fingerprint density at radius 1 is 0.950 bits per heavy atom. The van der Waals surface area contributed by atoms with Crippen molar-refractivity contribution in [1.29, 1.82) is 0 Å². The van der Waals surface area contributed by atoms with Crippen LogP contribution in [0, 0.1) is 12.2 Å². The summed E-state index contributed by atoms with van der Waals surface area (Å²) in [4.78, 5) is 0. The Balaban J connectivity index is 0.000000289. The van der Waals surface area contributed by atoms with E-state index in [0.29, 0.717) is 0 Å². The van der Waals surface area contributed by atoms with Crippen LogP contribution in [0.4, 0.5) is 0 Å². The van der Waals surface area contributed by atoms with Gasteiger partial charge < -0.3 is 0 Å². The summed E-state index contributed by atoms with van der Waals surface area (Å²) in [6.45, 7) is 13.2. The third kappa shape index (κ3) is 8.94. The number of rotatable bonds is 2. The zero-order valence-electron chi connectivity index (χ0n) is 14.0. The van der Waals surface area contributed by atoms with Crippen LogP contribution in [0.15, 0.2) is 34.4 Å². The van der Waals surface area contributed by atoms with Gasteiger partial charge in [-0.1, -0.05) is 40.5 Å². The van der Waals surface area contributed by atoms with Crippen molar-refractivity contribution in [3.63, 3.8) is 0 Å². The van der Waals surface area contributed by atoms with Crippen LogP contribution >= 0.6 is 0 Å². The molecule has 0 unspecified atom stereocenters. The monoisotopic (exact) mass is 320 g/mol. The predicted molar refractivity (Wildman–Crippen MR) is 88.3 cm³/mol. The molecule has 0 bridgehead atoms. The molecule has 0 fully saturated rings. The molecule has 108 valence electrons. The molecule has 0 saturated heterocycles. The molecule has 0 aromatic carbocycles. The molecule has 0 heterocycles. The van der Waals surface area contributed by atoms with E-state index in [9.17, 15) is 0 Å². The standard InChI is InChI=1S/2C8H11.C2H6Si.Ti/c2*1-3-8-6-4-5-7(8)2;1-3-2;/h2*6H,3-4H2,1-2H3;1-2H3;/q2*-1;;+2. The molecule has 0 radical (unpaired) electrons. The summed E-state index contributed by atoms with van der Waals surface area (Å²) in [5.41, 5.74) is 5.66. The summed E-state index contributed by atoms with van der Waals surface area (Å²) < 4.78 is 0. The van der Waals surface area contributed by atoms with Crippen molar-refractivity contribution in [2.24, 2.45) is 0 Å². The van der Waals surface area contributed by atoms with Gasteiger partial charge in [0.1, 0.15) is 0 Å². The third-order valence-electron chi connectivity index (χ3n) is 3.16. The van der Waals surface area contributed by atoms with Gasteiger partial charge in [0.05, 0.1) is 0 Å². The van der Waals surface area contributed by atoms with Gasteiger partial charge in [0, 0.05) is 0 Å². The quantitative estimate of drug-likeness (QED) is 0.450. The molecule has 0 atom stereocenters. The van der Waals surface area contributed by atoms with E-state index in [4.69, 9.17) is 0 Å². The van der Waals surface area contributed by atoms with Gasteiger partial charge in [-0.05, 0) is 0 Å². The van der Waals surface area contributed by atoms with Crippen LogP contribution in [-0.2, 0) is 19.2 Å². The average molecular weight is 320 g/mol. The summed E-state index contributed by atoms with van der Waals surface area (Å²) in [5.74, 6) is 0. The van der Waals surface area contributed by atoms with Crippen molar-refractivity contribution in [2.75, 3.05) is 0 Å². The Bertz CT molecular complexity index is 396. The first-order chi connectivity index (χ1) is 9.42. The van der Waals surface area contributed by atoms with Crippen molar-refractivity contribution in [3.8, 4) is 0 Å². The SMILES string of the molecule is CCC1=CC[C-]=C1C.CCC1=CC[C-]=C1C.C[Si](C)=[Ti+2]. The van der Waals surface area contributed by atoms with Crippen molar-refractivity contribution in [1.82, 2.24) is 0 Å². The van der Waals surface area contributed by atoms with Gasteiger partial charge in [0.2, 0.25) is 0 Å². The van der Waals surface area contributed by atoms with Crippen LogP contribution in [0.2, 0.25) is 13.1 Å². The van der Waals surface area contributed by atoms with E-state index in [2.05, 4.69) is 84.3 Å². The van der Waals surface area contributed by atoms with Crippen LogP contribution in [0.1, 0.15) is 53.4 Å². The fourth-order valence-corrected chi connectivity index (χ4v) is 2.01. The van der Waals surface area contributed by atoms with Gasteiger partial charge in [-0.3, -0.25) is 12.2 Å². The summed E-state index contributed by atoms with van der Waals surface area (Å²) in [6, 6.07) is 0. The molecule has 0 aromatic rings. The first-order valence-corrected chi connectivity index (χ1v) is 12.3. The first kappa shape index (κ1) is 19.9. The molecule has 2 rings (SSSR count). The molecule has 0 N–H and O–H groups in total. The summed E-state index contributed by atoms with van der Waals surface area (Å²) in [7, 11) is 0. The molecule has 2 heteroatoms. The Hall–Kier alpha value is -0.109. The second-order valence-corrected chi connectivity index (χ2v) is 11.9. The average Bonchev–Trinajstić information content (AvgIpc) is 2.97. The van der Waals surface area contributed by atoms with Crippen molar-refractivity contribution >= 4 is 6.19 Å². The van der Waals surface area contributed by atoms with Crippen molar-refractivity contribution in [2.45, 2.75) is 66.5 Å². The van der Waals surface area contributed by atoms with Crippen molar-refractivity contribution in [3.05, 3.63) is 46.6 Å². The van der Waals surface area contributed by atoms with E-state index in [1.165, 1.54) is 35.1 Å². The zero-order valence-corrected chi connectivity index (χ0v) is 16.5. The molecule has 2 aliphatic carbocycles. The molecule has 0 saturated carbocycles. The minimum absolute atomic E-state index is 0.120. The van der Waals surface area contributed by atoms with E-state index >= 15 is 0 Å². The van der Waals surface area contributed by atoms with Gasteiger partial charge in [-0.25, -0.2) is 11.1 Å². The summed E-state index contributed by atoms with van der Waals surface area (Å²) in [5, 5.41) is 0. The molecule has 0 amide bonds. The maximum atomic E-state index is 3.24. The molecule has 0 nitrogen and oxygen atoms in total. The molecular weight excluding hydrogens is 292 g/mol. The van der Waals surface area contributed by atoms with Crippen LogP contribution in [0.5, 0.6) is 0 Å². The van der Waals surface area contributed by atoms with E-state index in [1.54, 1.807) is 0 Å². The fourth-order valence-electron chi connectivity index (χ4n) is 2.01. The number of allylic oxidation sites excluding steroid dienone is 8. The number of hydrogen-bond donors (Lipinski definition) is 0. The predicted octanol–water partition coefficient (Wildman–Crippen LogP) is 5.74. The molecule has 2 aliphatic rings. The Kier molecular flexibility index (Phi) is 11.5. The number of hydrogen-bond acceptors (Lipinski definition) is 0. The van der Waals surface area contributed by atoms with E-state index in [1.807, 2.05) is 0 Å². The van der Waals surface area contributed by atoms with Crippen LogP contribution in [0.25, 0.3) is 0 Å². The second kappa shape index (κ2) is 11.5. The molecule has 0 aliphatic heterocycles. The Labute approximate surface area is 138 Å². The molecule has 0 spiro atoms. The van der Waals surface area contributed by atoms with E-state index < -0.39 is 0 Å². The molecular formula is C18H28SiTi. The third-order valence-corrected chi connectivity index (χ3v) is 3.16. The van der Waals surface area contributed by atoms with Gasteiger partial charge in [-0.2, -0.15) is 23.3 Å². The Morgan fingerprint density at radius 3 is 1.35 bits per heavy atom. The normalized spacial score (nSPS) is 16.0. The van der Waals surface area contributed by atoms with Crippen LogP contribution in [0.3, 0.4) is 0 Å². The topological polar surface area (TPSA) is 0 Å². The second-order valence-electron chi connectivity index (χ2n) is 5.18. The van der Waals surface area contributed by atoms with Crippen LogP contribution < -0.4 is 0 Å². The van der Waals surface area contributed by atoms with Gasteiger partial charge in [-0.15, -0.1) is 12.8 Å². The molecule has 20 heavy (non-hydrogen) atoms. The van der Waals surface area contributed by atoms with E-state index in [0.717, 1.165) is 12.8 Å². The maximum absolute atomic E-state index is 3.24. The summed E-state index contributed by atoms with van der Waals surface area (Å²) >= 11 is 2.27. The zero-order chi connectivity index (χ0) is 15.5. The van der Waals surface area contributed by atoms with Crippen molar-refractivity contribution < 1.29 is 19.2 Å².